The van der Waals surface area contributed by atoms with Crippen molar-refractivity contribution >= 4 is 40.9 Å². The van der Waals surface area contributed by atoms with E-state index in [1.807, 2.05) is 44.4 Å². The van der Waals surface area contributed by atoms with Crippen molar-refractivity contribution in [3.63, 3.8) is 0 Å². The smallest absolute Gasteiger partial charge is 0.256 e. The van der Waals surface area contributed by atoms with E-state index in [2.05, 4.69) is 5.32 Å². The third-order valence-corrected chi connectivity index (χ3v) is 6.30. The zero-order valence-electron chi connectivity index (χ0n) is 19.1. The molecule has 6 nitrogen and oxygen atoms in total. The molecule has 3 amide bonds. The number of nitrogens with two attached hydrogens (primary N) is 1. The van der Waals surface area contributed by atoms with E-state index in [-0.39, 0.29) is 17.7 Å². The highest BCUT2D eigenvalue weighted by Crippen LogP contribution is 2.44. The number of hydrogen-bond acceptors (Lipinski definition) is 5. The summed E-state index contributed by atoms with van der Waals surface area (Å²) in [6.07, 6.45) is 2.71. The maximum absolute atomic E-state index is 13.8. The zero-order chi connectivity index (χ0) is 23.4. The Morgan fingerprint density at radius 2 is 1.88 bits per heavy atom. The van der Waals surface area contributed by atoms with Gasteiger partial charge in [0.2, 0.25) is 11.8 Å². The molecule has 0 fully saturated rings. The predicted octanol–water partition coefficient (Wildman–Crippen LogP) is 4.20. The van der Waals surface area contributed by atoms with Crippen molar-refractivity contribution in [2.75, 3.05) is 22.6 Å². The van der Waals surface area contributed by atoms with E-state index in [1.54, 1.807) is 36.9 Å². The fourth-order valence-electron chi connectivity index (χ4n) is 4.09. The molecule has 2 aromatic carbocycles. The van der Waals surface area contributed by atoms with Crippen LogP contribution in [0.3, 0.4) is 0 Å². The minimum atomic E-state index is -0.791. The summed E-state index contributed by atoms with van der Waals surface area (Å²) in [6, 6.07) is 12.1. The topological polar surface area (TPSA) is 92.5 Å². The number of amides is 3. The Morgan fingerprint density at radius 1 is 1.16 bits per heavy atom. The van der Waals surface area contributed by atoms with Crippen LogP contribution in [0.25, 0.3) is 11.1 Å². The van der Waals surface area contributed by atoms with E-state index in [1.165, 1.54) is 4.90 Å². The first-order valence-electron chi connectivity index (χ1n) is 10.9. The Balaban J connectivity index is 2.08. The molecule has 2 aromatic rings. The van der Waals surface area contributed by atoms with Gasteiger partial charge in [-0.05, 0) is 54.5 Å². The number of nitrogens with one attached hydrogen (secondary N) is 1. The summed E-state index contributed by atoms with van der Waals surface area (Å²) in [4.78, 5) is 41.2. The average molecular weight is 454 g/mol. The van der Waals surface area contributed by atoms with Crippen LogP contribution in [0.5, 0.6) is 0 Å². The van der Waals surface area contributed by atoms with Gasteiger partial charge < -0.3 is 11.1 Å². The van der Waals surface area contributed by atoms with Gasteiger partial charge in [0.1, 0.15) is 6.04 Å². The van der Waals surface area contributed by atoms with Crippen molar-refractivity contribution in [2.45, 2.75) is 45.6 Å². The maximum Gasteiger partial charge on any atom is 0.256 e. The molecular weight excluding hydrogens is 422 g/mol. The van der Waals surface area contributed by atoms with Crippen LogP contribution in [0.15, 0.2) is 42.5 Å². The van der Waals surface area contributed by atoms with Gasteiger partial charge in [0.25, 0.3) is 5.91 Å². The molecule has 0 bridgehead atoms. The summed E-state index contributed by atoms with van der Waals surface area (Å²) in [5.74, 6) is -0.617. The molecular formula is C25H31N3O3S. The fourth-order valence-corrected chi connectivity index (χ4v) is 4.56. The summed E-state index contributed by atoms with van der Waals surface area (Å²) < 4.78 is 0. The average Bonchev–Trinajstić information content (AvgIpc) is 2.84. The number of hydrogen-bond donors (Lipinski definition) is 2. The lowest BCUT2D eigenvalue weighted by Gasteiger charge is -2.28. The Kier molecular flexibility index (Phi) is 7.61. The highest BCUT2D eigenvalue weighted by atomic mass is 32.2. The number of rotatable bonds is 7. The molecule has 0 radical (unpaired) electrons. The molecule has 2 atom stereocenters. The number of carbonyl (C=O) groups excluding carboxylic acids is 3. The molecule has 1 aliphatic heterocycles. The van der Waals surface area contributed by atoms with Gasteiger partial charge in [0, 0.05) is 17.7 Å². The molecule has 3 rings (SSSR count). The van der Waals surface area contributed by atoms with E-state index in [9.17, 15) is 14.4 Å². The first kappa shape index (κ1) is 23.9. The minimum Gasteiger partial charge on any atom is -0.398 e. The Hall–Kier alpha value is -2.80. The lowest BCUT2D eigenvalue weighted by atomic mass is 9.92. The van der Waals surface area contributed by atoms with Gasteiger partial charge in [0.05, 0.1) is 11.6 Å². The predicted molar refractivity (Wildman–Crippen MR) is 132 cm³/mol. The molecule has 3 N–H and O–H groups in total. The fraction of sp³-hybridized carbons (Fsp3) is 0.400. The Morgan fingerprint density at radius 3 is 2.56 bits per heavy atom. The third kappa shape index (κ3) is 4.83. The van der Waals surface area contributed by atoms with Crippen molar-refractivity contribution in [1.82, 2.24) is 5.32 Å². The van der Waals surface area contributed by atoms with Gasteiger partial charge in [-0.1, -0.05) is 44.2 Å². The second-order valence-electron chi connectivity index (χ2n) is 8.56. The van der Waals surface area contributed by atoms with Crippen LogP contribution >= 0.6 is 11.8 Å². The second-order valence-corrected chi connectivity index (χ2v) is 9.55. The molecule has 170 valence electrons. The first-order valence-corrected chi connectivity index (χ1v) is 12.3. The molecule has 1 heterocycles. The number of thioether (sulfide) groups is 1. The molecule has 0 aromatic heterocycles. The SMILES string of the molecule is CSCC[C@H](NC(=O)CC(C)C)C(=O)N1C(=O)C(C)c2ccccc2-c2c(N)cccc21. The van der Waals surface area contributed by atoms with Crippen LogP contribution in [-0.2, 0) is 14.4 Å². The molecule has 7 heteroatoms. The number of imide groups is 1. The normalized spacial score (nSPS) is 16.2. The van der Waals surface area contributed by atoms with Gasteiger partial charge in [-0.15, -0.1) is 0 Å². The number of carbonyl (C=O) groups is 3. The van der Waals surface area contributed by atoms with Crippen molar-refractivity contribution < 1.29 is 14.4 Å². The summed E-state index contributed by atoms with van der Waals surface area (Å²) in [7, 11) is 0. The minimum absolute atomic E-state index is 0.168. The highest BCUT2D eigenvalue weighted by molar-refractivity contribution is 7.98. The Bertz CT molecular complexity index is 1020. The number of fused-ring (bicyclic) bond motifs is 3. The lowest BCUT2D eigenvalue weighted by Crippen LogP contribution is -2.52. The van der Waals surface area contributed by atoms with Crippen molar-refractivity contribution in [3.8, 4) is 11.1 Å². The molecule has 0 aliphatic carbocycles. The van der Waals surface area contributed by atoms with Crippen LogP contribution < -0.4 is 16.0 Å². The van der Waals surface area contributed by atoms with Gasteiger partial charge in [0.15, 0.2) is 0 Å². The first-order chi connectivity index (χ1) is 15.3. The van der Waals surface area contributed by atoms with Crippen molar-refractivity contribution in [3.05, 3.63) is 48.0 Å². The van der Waals surface area contributed by atoms with E-state index in [0.29, 0.717) is 35.5 Å². The highest BCUT2D eigenvalue weighted by Gasteiger charge is 2.38. The van der Waals surface area contributed by atoms with Crippen molar-refractivity contribution in [2.24, 2.45) is 5.92 Å². The standard InChI is InChI=1S/C25H31N3O3S/c1-15(2)14-22(29)27-20(12-13-32-4)25(31)28-21-11-7-10-19(26)23(21)18-9-6-5-8-17(18)16(3)24(28)30/h5-11,15-16,20H,12-14,26H2,1-4H3,(H,27,29)/t16?,20-/m0/s1. The summed E-state index contributed by atoms with van der Waals surface area (Å²) in [6.45, 7) is 5.71. The number of benzene rings is 2. The van der Waals surface area contributed by atoms with Crippen LogP contribution in [0.2, 0.25) is 0 Å². The van der Waals surface area contributed by atoms with E-state index in [0.717, 1.165) is 11.1 Å². The second kappa shape index (κ2) is 10.2. The van der Waals surface area contributed by atoms with E-state index >= 15 is 0 Å². The zero-order valence-corrected chi connectivity index (χ0v) is 19.9. The van der Waals surface area contributed by atoms with Crippen molar-refractivity contribution in [1.29, 1.82) is 0 Å². The monoisotopic (exact) mass is 453 g/mol. The number of nitrogen functional groups attached to an aromatic ring is 1. The van der Waals surface area contributed by atoms with Crippen LogP contribution in [0.4, 0.5) is 11.4 Å². The van der Waals surface area contributed by atoms with Gasteiger partial charge in [-0.25, -0.2) is 4.90 Å². The molecule has 0 saturated carbocycles. The molecule has 1 aliphatic rings. The van der Waals surface area contributed by atoms with Gasteiger partial charge in [-0.3, -0.25) is 14.4 Å². The van der Waals surface area contributed by atoms with E-state index in [4.69, 9.17) is 5.73 Å². The number of anilines is 2. The molecule has 1 unspecified atom stereocenters. The van der Waals surface area contributed by atoms with Crippen LogP contribution in [0.1, 0.15) is 45.1 Å². The largest absolute Gasteiger partial charge is 0.398 e. The summed E-state index contributed by atoms with van der Waals surface area (Å²) in [5, 5.41) is 2.88. The quantitative estimate of drug-likeness (QED) is 0.613. The number of nitrogens with zero attached hydrogens (tertiary/aromatic N) is 1. The van der Waals surface area contributed by atoms with Gasteiger partial charge in [-0.2, -0.15) is 11.8 Å². The molecule has 0 saturated heterocycles. The summed E-state index contributed by atoms with van der Waals surface area (Å²) >= 11 is 1.59. The van der Waals surface area contributed by atoms with Crippen LogP contribution in [-0.4, -0.2) is 35.8 Å². The van der Waals surface area contributed by atoms with Gasteiger partial charge >= 0.3 is 0 Å². The molecule has 0 spiro atoms. The molecule has 32 heavy (non-hydrogen) atoms. The lowest BCUT2D eigenvalue weighted by molar-refractivity contribution is -0.131. The Labute approximate surface area is 193 Å². The third-order valence-electron chi connectivity index (χ3n) is 5.66. The van der Waals surface area contributed by atoms with Crippen LogP contribution in [0, 0.1) is 5.92 Å². The van der Waals surface area contributed by atoms with E-state index < -0.39 is 17.9 Å². The maximum atomic E-state index is 13.8. The summed E-state index contributed by atoms with van der Waals surface area (Å²) in [5.41, 5.74) is 9.66.